The third kappa shape index (κ3) is 6.46. The van der Waals surface area contributed by atoms with Gasteiger partial charge in [-0.3, -0.25) is 4.79 Å². The Balaban J connectivity index is 1.44. The minimum absolute atomic E-state index is 0.0726. The molecule has 1 aliphatic rings. The van der Waals surface area contributed by atoms with Gasteiger partial charge in [-0.15, -0.1) is 0 Å². The summed E-state index contributed by atoms with van der Waals surface area (Å²) in [6, 6.07) is 13.2. The molecule has 2 aromatic rings. The molecule has 3 rings (SSSR count). The molecule has 8 nitrogen and oxygen atoms in total. The Hall–Kier alpha value is -3.13. The molecule has 1 aliphatic heterocycles. The number of rotatable bonds is 7. The van der Waals surface area contributed by atoms with E-state index < -0.39 is 0 Å². The van der Waals surface area contributed by atoms with E-state index in [1.165, 1.54) is 0 Å². The number of amides is 3. The lowest BCUT2D eigenvalue weighted by atomic mass is 10.2. The quantitative estimate of drug-likeness (QED) is 0.662. The summed E-state index contributed by atoms with van der Waals surface area (Å²) < 4.78 is 0. The Bertz CT molecular complexity index is 827. The number of carbonyl (C=O) groups is 2. The topological polar surface area (TPSA) is 89.6 Å². The van der Waals surface area contributed by atoms with E-state index in [4.69, 9.17) is 0 Å². The number of urea groups is 1. The first kappa shape index (κ1) is 20.6. The van der Waals surface area contributed by atoms with Crippen molar-refractivity contribution in [2.75, 3.05) is 43.9 Å². The molecule has 1 saturated heterocycles. The lowest BCUT2D eigenvalue weighted by Gasteiger charge is -2.18. The number of pyridine rings is 1. The molecule has 0 bridgehead atoms. The van der Waals surface area contributed by atoms with Gasteiger partial charge in [-0.1, -0.05) is 18.2 Å². The molecule has 3 amide bonds. The van der Waals surface area contributed by atoms with Gasteiger partial charge in [0.25, 0.3) is 0 Å². The van der Waals surface area contributed by atoms with Gasteiger partial charge >= 0.3 is 6.03 Å². The smallest absolute Gasteiger partial charge is 0.315 e. The van der Waals surface area contributed by atoms with Gasteiger partial charge in [0.2, 0.25) is 5.91 Å². The van der Waals surface area contributed by atoms with Crippen LogP contribution in [0.25, 0.3) is 0 Å². The average Bonchev–Trinajstić information content (AvgIpc) is 3.15. The number of benzene rings is 1. The fourth-order valence-electron chi connectivity index (χ4n) is 3.29. The first-order valence-electron chi connectivity index (χ1n) is 9.73. The molecular formula is C21H28N6O2. The molecule has 1 atom stereocenters. The van der Waals surface area contributed by atoms with Crippen LogP contribution in [0.2, 0.25) is 0 Å². The molecule has 0 radical (unpaired) electrons. The van der Waals surface area contributed by atoms with Gasteiger partial charge in [0.1, 0.15) is 5.82 Å². The van der Waals surface area contributed by atoms with Crippen molar-refractivity contribution in [3.05, 3.63) is 54.2 Å². The van der Waals surface area contributed by atoms with E-state index in [0.717, 1.165) is 36.6 Å². The number of hydrogen-bond donors (Lipinski definition) is 3. The van der Waals surface area contributed by atoms with Crippen LogP contribution in [0.15, 0.2) is 48.7 Å². The van der Waals surface area contributed by atoms with Crippen LogP contribution >= 0.6 is 0 Å². The first-order valence-corrected chi connectivity index (χ1v) is 9.73. The van der Waals surface area contributed by atoms with Gasteiger partial charge < -0.3 is 25.8 Å². The molecule has 0 spiro atoms. The number of hydrogen-bond acceptors (Lipinski definition) is 5. The maximum absolute atomic E-state index is 12.3. The summed E-state index contributed by atoms with van der Waals surface area (Å²) in [5, 5.41) is 8.77. The molecule has 1 aromatic heterocycles. The lowest BCUT2D eigenvalue weighted by Crippen LogP contribution is -2.43. The number of likely N-dealkylation sites (N-methyl/N-ethyl adjacent to an activating group) is 1. The van der Waals surface area contributed by atoms with Crippen molar-refractivity contribution in [2.45, 2.75) is 19.0 Å². The molecular weight excluding hydrogens is 368 g/mol. The van der Waals surface area contributed by atoms with Gasteiger partial charge in [0, 0.05) is 37.6 Å². The largest absolute Gasteiger partial charge is 0.354 e. The Morgan fingerprint density at radius 1 is 1.21 bits per heavy atom. The zero-order valence-corrected chi connectivity index (χ0v) is 16.9. The summed E-state index contributed by atoms with van der Waals surface area (Å²) in [4.78, 5) is 32.5. The van der Waals surface area contributed by atoms with Crippen molar-refractivity contribution >= 4 is 23.4 Å². The van der Waals surface area contributed by atoms with E-state index >= 15 is 0 Å². The zero-order chi connectivity index (χ0) is 20.6. The predicted molar refractivity (Wildman–Crippen MR) is 114 cm³/mol. The van der Waals surface area contributed by atoms with Crippen LogP contribution in [-0.4, -0.2) is 61.6 Å². The van der Waals surface area contributed by atoms with Gasteiger partial charge in [-0.2, -0.15) is 0 Å². The summed E-state index contributed by atoms with van der Waals surface area (Å²) in [7, 11) is 3.69. The molecule has 8 heteroatoms. The number of anilines is 2. The van der Waals surface area contributed by atoms with Crippen molar-refractivity contribution in [2.24, 2.45) is 0 Å². The summed E-state index contributed by atoms with van der Waals surface area (Å²) in [5.74, 6) is 0.863. The Kier molecular flexibility index (Phi) is 7.02. The van der Waals surface area contributed by atoms with Crippen LogP contribution in [0, 0.1) is 0 Å². The molecule has 1 aromatic carbocycles. The van der Waals surface area contributed by atoms with Crippen molar-refractivity contribution in [3.63, 3.8) is 0 Å². The molecule has 2 heterocycles. The highest BCUT2D eigenvalue weighted by Crippen LogP contribution is 2.17. The Morgan fingerprint density at radius 2 is 2.07 bits per heavy atom. The first-order chi connectivity index (χ1) is 14.0. The number of nitrogens with one attached hydrogen (secondary N) is 3. The van der Waals surface area contributed by atoms with E-state index in [9.17, 15) is 9.59 Å². The second-order valence-electron chi connectivity index (χ2n) is 7.43. The third-order valence-corrected chi connectivity index (χ3v) is 4.62. The molecule has 29 heavy (non-hydrogen) atoms. The molecule has 154 valence electrons. The van der Waals surface area contributed by atoms with E-state index in [0.29, 0.717) is 13.1 Å². The molecule has 0 aliphatic carbocycles. The second kappa shape index (κ2) is 9.88. The highest BCUT2D eigenvalue weighted by atomic mass is 16.2. The molecule has 1 unspecified atom stereocenters. The van der Waals surface area contributed by atoms with Crippen molar-refractivity contribution in [1.82, 2.24) is 20.5 Å². The van der Waals surface area contributed by atoms with E-state index in [-0.39, 0.29) is 18.0 Å². The SMILES string of the molecule is CN(C)CC(=O)Nc1cccc(CNC(=O)NC2CCN(c3ccccn3)C2)c1. The van der Waals surface area contributed by atoms with Crippen LogP contribution in [-0.2, 0) is 11.3 Å². The number of aromatic nitrogens is 1. The highest BCUT2D eigenvalue weighted by Gasteiger charge is 2.24. The van der Waals surface area contributed by atoms with Crippen molar-refractivity contribution in [3.8, 4) is 0 Å². The summed E-state index contributed by atoms with van der Waals surface area (Å²) in [5.41, 5.74) is 1.64. The lowest BCUT2D eigenvalue weighted by molar-refractivity contribution is -0.116. The number of carbonyl (C=O) groups excluding carboxylic acids is 2. The van der Waals surface area contributed by atoms with Gasteiger partial charge in [-0.25, -0.2) is 9.78 Å². The molecule has 0 saturated carbocycles. The summed E-state index contributed by atoms with van der Waals surface area (Å²) in [6.07, 6.45) is 2.66. The minimum Gasteiger partial charge on any atom is -0.354 e. The Morgan fingerprint density at radius 3 is 2.83 bits per heavy atom. The van der Waals surface area contributed by atoms with Crippen molar-refractivity contribution in [1.29, 1.82) is 0 Å². The maximum atomic E-state index is 12.3. The average molecular weight is 396 g/mol. The third-order valence-electron chi connectivity index (χ3n) is 4.62. The minimum atomic E-state index is -0.195. The monoisotopic (exact) mass is 396 g/mol. The van der Waals surface area contributed by atoms with Crippen LogP contribution in [0.3, 0.4) is 0 Å². The fraction of sp³-hybridized carbons (Fsp3) is 0.381. The standard InChI is InChI=1S/C21H28N6O2/c1-26(2)15-20(28)24-17-7-5-6-16(12-17)13-23-21(29)25-18-9-11-27(14-18)19-8-3-4-10-22-19/h3-8,10,12,18H,9,11,13-15H2,1-2H3,(H,24,28)(H2,23,25,29). The Labute approximate surface area is 171 Å². The second-order valence-corrected chi connectivity index (χ2v) is 7.43. The van der Waals surface area contributed by atoms with Gasteiger partial charge in [0.15, 0.2) is 0 Å². The van der Waals surface area contributed by atoms with Crippen LogP contribution in [0.5, 0.6) is 0 Å². The fourth-order valence-corrected chi connectivity index (χ4v) is 3.29. The normalized spacial score (nSPS) is 16.0. The predicted octanol–water partition coefficient (Wildman–Crippen LogP) is 1.66. The molecule has 1 fully saturated rings. The maximum Gasteiger partial charge on any atom is 0.315 e. The van der Waals surface area contributed by atoms with Crippen molar-refractivity contribution < 1.29 is 9.59 Å². The van der Waals surface area contributed by atoms with Crippen LogP contribution in [0.4, 0.5) is 16.3 Å². The van der Waals surface area contributed by atoms with Gasteiger partial charge in [0.05, 0.1) is 6.54 Å². The van der Waals surface area contributed by atoms with E-state index in [1.54, 1.807) is 6.20 Å². The van der Waals surface area contributed by atoms with Crippen LogP contribution < -0.4 is 20.9 Å². The van der Waals surface area contributed by atoms with E-state index in [2.05, 4.69) is 25.8 Å². The van der Waals surface area contributed by atoms with Gasteiger partial charge in [-0.05, 0) is 50.3 Å². The van der Waals surface area contributed by atoms with Crippen LogP contribution in [0.1, 0.15) is 12.0 Å². The highest BCUT2D eigenvalue weighted by molar-refractivity contribution is 5.92. The number of nitrogens with zero attached hydrogens (tertiary/aromatic N) is 3. The van der Waals surface area contributed by atoms with E-state index in [1.807, 2.05) is 61.5 Å². The summed E-state index contributed by atoms with van der Waals surface area (Å²) in [6.45, 7) is 2.33. The summed E-state index contributed by atoms with van der Waals surface area (Å²) >= 11 is 0. The zero-order valence-electron chi connectivity index (χ0n) is 16.9. The molecule has 3 N–H and O–H groups in total.